The van der Waals surface area contributed by atoms with Gasteiger partial charge in [-0.3, -0.25) is 5.32 Å². The smallest absolute Gasteiger partial charge is 0.308 e. The molecule has 0 saturated heterocycles. The standard InChI is InChI=1S/C14H9BrCl2N2OS/c15-9-3-1-8(2-4-9)13(21)19-14(20)18-10-5-6-11(16)12(17)7-10/h1-7H,(H2,18,19,20,21). The molecule has 0 aliphatic heterocycles. The Labute approximate surface area is 145 Å². The van der Waals surface area contributed by atoms with Crippen LogP contribution < -0.4 is 10.6 Å². The third-order valence-corrected chi connectivity index (χ3v) is 4.12. The molecule has 0 atom stereocenters. The number of urea groups is 1. The molecule has 0 saturated carbocycles. The molecule has 0 aromatic heterocycles. The molecule has 0 aliphatic rings. The first-order chi connectivity index (χ1) is 9.95. The van der Waals surface area contributed by atoms with Crippen LogP contribution in [0.4, 0.5) is 10.5 Å². The fourth-order valence-electron chi connectivity index (χ4n) is 1.51. The van der Waals surface area contributed by atoms with Crippen LogP contribution in [0.3, 0.4) is 0 Å². The van der Waals surface area contributed by atoms with Crippen LogP contribution >= 0.6 is 51.3 Å². The van der Waals surface area contributed by atoms with Crippen LogP contribution in [-0.2, 0) is 0 Å². The second kappa shape index (κ2) is 7.22. The van der Waals surface area contributed by atoms with Gasteiger partial charge in [-0.15, -0.1) is 0 Å². The van der Waals surface area contributed by atoms with Gasteiger partial charge >= 0.3 is 6.03 Å². The second-order valence-corrected chi connectivity index (χ2v) is 6.18. The lowest BCUT2D eigenvalue weighted by Gasteiger charge is -2.09. The van der Waals surface area contributed by atoms with Crippen molar-refractivity contribution in [2.75, 3.05) is 5.32 Å². The van der Waals surface area contributed by atoms with E-state index in [4.69, 9.17) is 35.4 Å². The van der Waals surface area contributed by atoms with Crippen molar-refractivity contribution in [2.45, 2.75) is 0 Å². The fourth-order valence-corrected chi connectivity index (χ4v) is 2.30. The number of halogens is 3. The van der Waals surface area contributed by atoms with E-state index in [2.05, 4.69) is 26.6 Å². The Morgan fingerprint density at radius 2 is 1.71 bits per heavy atom. The number of anilines is 1. The first-order valence-electron chi connectivity index (χ1n) is 5.78. The highest BCUT2D eigenvalue weighted by atomic mass is 79.9. The SMILES string of the molecule is O=C(NC(=S)c1ccc(Br)cc1)Nc1ccc(Cl)c(Cl)c1. The quantitative estimate of drug-likeness (QED) is 0.672. The van der Waals surface area contributed by atoms with E-state index in [0.717, 1.165) is 10.0 Å². The molecule has 0 fully saturated rings. The van der Waals surface area contributed by atoms with Gasteiger partial charge in [0.2, 0.25) is 0 Å². The lowest BCUT2D eigenvalue weighted by molar-refractivity contribution is 0.256. The van der Waals surface area contributed by atoms with E-state index in [1.165, 1.54) is 0 Å². The van der Waals surface area contributed by atoms with Gasteiger partial charge in [0.1, 0.15) is 4.99 Å². The van der Waals surface area contributed by atoms with Gasteiger partial charge in [0.05, 0.1) is 10.0 Å². The first kappa shape index (κ1) is 16.2. The van der Waals surface area contributed by atoms with Crippen LogP contribution in [0, 0.1) is 0 Å². The van der Waals surface area contributed by atoms with Crippen molar-refractivity contribution >= 4 is 68.1 Å². The number of hydrogen-bond donors (Lipinski definition) is 2. The van der Waals surface area contributed by atoms with Crippen molar-refractivity contribution in [3.8, 4) is 0 Å². The van der Waals surface area contributed by atoms with Gasteiger partial charge in [-0.25, -0.2) is 4.79 Å². The Morgan fingerprint density at radius 1 is 1.05 bits per heavy atom. The minimum atomic E-state index is -0.443. The molecule has 2 N–H and O–H groups in total. The average Bonchev–Trinajstić information content (AvgIpc) is 2.43. The maximum absolute atomic E-state index is 11.9. The van der Waals surface area contributed by atoms with Crippen LogP contribution in [0.5, 0.6) is 0 Å². The van der Waals surface area contributed by atoms with Crippen LogP contribution in [0.25, 0.3) is 0 Å². The van der Waals surface area contributed by atoms with E-state index in [1.54, 1.807) is 18.2 Å². The van der Waals surface area contributed by atoms with Gasteiger partial charge in [0, 0.05) is 15.7 Å². The Balaban J connectivity index is 1.99. The molecule has 7 heteroatoms. The zero-order valence-electron chi connectivity index (χ0n) is 10.5. The van der Waals surface area contributed by atoms with E-state index >= 15 is 0 Å². The van der Waals surface area contributed by atoms with Crippen molar-refractivity contribution in [2.24, 2.45) is 0 Å². The molecule has 3 nitrogen and oxygen atoms in total. The van der Waals surface area contributed by atoms with Gasteiger partial charge in [-0.05, 0) is 30.3 Å². The molecule has 0 heterocycles. The summed E-state index contributed by atoms with van der Waals surface area (Å²) in [6.07, 6.45) is 0. The van der Waals surface area contributed by atoms with E-state index in [1.807, 2.05) is 24.3 Å². The maximum Gasteiger partial charge on any atom is 0.324 e. The number of thiocarbonyl (C=S) groups is 1. The summed E-state index contributed by atoms with van der Waals surface area (Å²) in [4.78, 5) is 12.2. The summed E-state index contributed by atoms with van der Waals surface area (Å²) in [6, 6.07) is 11.7. The Kier molecular flexibility index (Phi) is 5.58. The van der Waals surface area contributed by atoms with E-state index in [0.29, 0.717) is 20.7 Å². The normalized spacial score (nSPS) is 10.0. The number of rotatable bonds is 2. The summed E-state index contributed by atoms with van der Waals surface area (Å²) >= 11 is 20.2. The zero-order chi connectivity index (χ0) is 15.4. The van der Waals surface area contributed by atoms with Gasteiger partial charge in [0.15, 0.2) is 0 Å². The Hall–Kier alpha value is -1.14. The minimum Gasteiger partial charge on any atom is -0.308 e. The predicted molar refractivity (Wildman–Crippen MR) is 94.5 cm³/mol. The number of amides is 2. The van der Waals surface area contributed by atoms with Gasteiger partial charge in [-0.1, -0.05) is 63.5 Å². The molecule has 108 valence electrons. The van der Waals surface area contributed by atoms with Crippen LogP contribution in [-0.4, -0.2) is 11.0 Å². The van der Waals surface area contributed by atoms with Crippen LogP contribution in [0.15, 0.2) is 46.9 Å². The predicted octanol–water partition coefficient (Wildman–Crippen LogP) is 5.25. The lowest BCUT2D eigenvalue weighted by atomic mass is 10.2. The molecule has 2 amide bonds. The third-order valence-electron chi connectivity index (χ3n) is 2.51. The third kappa shape index (κ3) is 4.68. The molecule has 0 unspecified atom stereocenters. The number of carbonyl (C=O) groups is 1. The summed E-state index contributed by atoms with van der Waals surface area (Å²) in [6.45, 7) is 0. The van der Waals surface area contributed by atoms with Crippen molar-refractivity contribution < 1.29 is 4.79 Å². The summed E-state index contributed by atoms with van der Waals surface area (Å²) in [5.74, 6) is 0. The Bertz CT molecular complexity index is 692. The molecular formula is C14H9BrCl2N2OS. The molecule has 2 aromatic carbocycles. The van der Waals surface area contributed by atoms with Crippen LogP contribution in [0.2, 0.25) is 10.0 Å². The molecule has 2 aromatic rings. The molecular weight excluding hydrogens is 395 g/mol. The topological polar surface area (TPSA) is 41.1 Å². The number of hydrogen-bond acceptors (Lipinski definition) is 2. The van der Waals surface area contributed by atoms with Crippen LogP contribution in [0.1, 0.15) is 5.56 Å². The lowest BCUT2D eigenvalue weighted by Crippen LogP contribution is -2.33. The fraction of sp³-hybridized carbons (Fsp3) is 0. The second-order valence-electron chi connectivity index (χ2n) is 4.04. The van der Waals surface area contributed by atoms with Crippen molar-refractivity contribution in [3.05, 3.63) is 62.5 Å². The summed E-state index contributed by atoms with van der Waals surface area (Å²) in [7, 11) is 0. The van der Waals surface area contributed by atoms with Crippen molar-refractivity contribution in [3.63, 3.8) is 0 Å². The van der Waals surface area contributed by atoms with Crippen molar-refractivity contribution in [1.82, 2.24) is 5.32 Å². The largest absolute Gasteiger partial charge is 0.324 e. The zero-order valence-corrected chi connectivity index (χ0v) is 14.4. The van der Waals surface area contributed by atoms with E-state index in [-0.39, 0.29) is 0 Å². The molecule has 0 spiro atoms. The monoisotopic (exact) mass is 402 g/mol. The highest BCUT2D eigenvalue weighted by Gasteiger charge is 2.08. The minimum absolute atomic E-state index is 0.333. The molecule has 0 aliphatic carbocycles. The number of carbonyl (C=O) groups excluding carboxylic acids is 1. The summed E-state index contributed by atoms with van der Waals surface area (Å²) < 4.78 is 0.939. The number of nitrogens with one attached hydrogen (secondary N) is 2. The molecule has 0 radical (unpaired) electrons. The molecule has 0 bridgehead atoms. The van der Waals surface area contributed by atoms with Gasteiger partial charge in [0.25, 0.3) is 0 Å². The molecule has 2 rings (SSSR count). The van der Waals surface area contributed by atoms with Crippen molar-refractivity contribution in [1.29, 1.82) is 0 Å². The van der Waals surface area contributed by atoms with E-state index < -0.39 is 6.03 Å². The first-order valence-corrected chi connectivity index (χ1v) is 7.74. The van der Waals surface area contributed by atoms with E-state index in [9.17, 15) is 4.79 Å². The highest BCUT2D eigenvalue weighted by Crippen LogP contribution is 2.24. The summed E-state index contributed by atoms with van der Waals surface area (Å²) in [5.41, 5.74) is 1.28. The van der Waals surface area contributed by atoms with Gasteiger partial charge in [-0.2, -0.15) is 0 Å². The number of benzene rings is 2. The van der Waals surface area contributed by atoms with Gasteiger partial charge < -0.3 is 5.32 Å². The highest BCUT2D eigenvalue weighted by molar-refractivity contribution is 9.10. The summed E-state index contributed by atoms with van der Waals surface area (Å²) in [5, 5.41) is 6.01. The average molecular weight is 404 g/mol. The Morgan fingerprint density at radius 3 is 2.33 bits per heavy atom. The molecule has 21 heavy (non-hydrogen) atoms. The maximum atomic E-state index is 11.9.